The van der Waals surface area contributed by atoms with Gasteiger partial charge in [0, 0.05) is 22.4 Å². The number of benzene rings is 2. The quantitative estimate of drug-likeness (QED) is 0.853. The van der Waals surface area contributed by atoms with Crippen LogP contribution in [0.1, 0.15) is 22.3 Å². The molecule has 0 atom stereocenters. The lowest BCUT2D eigenvalue weighted by Crippen LogP contribution is -2.15. The standard InChI is InChI=1S/C16H14BrFN2O/c17-11-3-5-13(14(18)9-11)16(21)20-12-4-6-15-10(8-12)2-1-7-19-15/h3-6,8-9,19H,1-2,7H2,(H,20,21). The number of hydrogen-bond donors (Lipinski definition) is 2. The monoisotopic (exact) mass is 348 g/mol. The maximum absolute atomic E-state index is 13.8. The molecule has 3 rings (SSSR count). The van der Waals surface area contributed by atoms with Crippen LogP contribution in [0.5, 0.6) is 0 Å². The van der Waals surface area contributed by atoms with E-state index in [4.69, 9.17) is 0 Å². The van der Waals surface area contributed by atoms with E-state index in [0.717, 1.165) is 25.1 Å². The summed E-state index contributed by atoms with van der Waals surface area (Å²) >= 11 is 3.17. The third-order valence-corrected chi connectivity index (χ3v) is 3.97. The van der Waals surface area contributed by atoms with Crippen LogP contribution in [-0.2, 0) is 6.42 Å². The first-order valence-electron chi connectivity index (χ1n) is 6.77. The molecule has 1 aliphatic rings. The van der Waals surface area contributed by atoms with Crippen LogP contribution in [0.3, 0.4) is 0 Å². The van der Waals surface area contributed by atoms with Gasteiger partial charge in [-0.05, 0) is 54.8 Å². The van der Waals surface area contributed by atoms with Gasteiger partial charge in [0.2, 0.25) is 0 Å². The van der Waals surface area contributed by atoms with Crippen LogP contribution in [0.25, 0.3) is 0 Å². The van der Waals surface area contributed by atoms with E-state index in [0.29, 0.717) is 10.2 Å². The number of carbonyl (C=O) groups excluding carboxylic acids is 1. The number of hydrogen-bond acceptors (Lipinski definition) is 2. The molecule has 5 heteroatoms. The van der Waals surface area contributed by atoms with Gasteiger partial charge in [0.1, 0.15) is 5.82 Å². The number of fused-ring (bicyclic) bond motifs is 1. The number of rotatable bonds is 2. The van der Waals surface area contributed by atoms with Gasteiger partial charge in [0.15, 0.2) is 0 Å². The maximum Gasteiger partial charge on any atom is 0.258 e. The summed E-state index contributed by atoms with van der Waals surface area (Å²) in [6.45, 7) is 0.975. The van der Waals surface area contributed by atoms with Crippen molar-refractivity contribution in [3.63, 3.8) is 0 Å². The molecule has 0 spiro atoms. The Balaban J connectivity index is 1.81. The van der Waals surface area contributed by atoms with E-state index in [9.17, 15) is 9.18 Å². The summed E-state index contributed by atoms with van der Waals surface area (Å²) in [6.07, 6.45) is 2.06. The maximum atomic E-state index is 13.8. The van der Waals surface area contributed by atoms with E-state index < -0.39 is 11.7 Å². The molecule has 1 aliphatic heterocycles. The Bertz CT molecular complexity index is 703. The van der Waals surface area contributed by atoms with E-state index in [1.165, 1.54) is 17.7 Å². The van der Waals surface area contributed by atoms with Gasteiger partial charge >= 0.3 is 0 Å². The lowest BCUT2D eigenvalue weighted by molar-refractivity contribution is 0.102. The van der Waals surface area contributed by atoms with Crippen molar-refractivity contribution < 1.29 is 9.18 Å². The first-order chi connectivity index (χ1) is 10.1. The summed E-state index contributed by atoms with van der Waals surface area (Å²) in [6, 6.07) is 10.1. The molecule has 1 heterocycles. The van der Waals surface area contributed by atoms with E-state index >= 15 is 0 Å². The van der Waals surface area contributed by atoms with Crippen LogP contribution < -0.4 is 10.6 Å². The highest BCUT2D eigenvalue weighted by Crippen LogP contribution is 2.25. The Kier molecular flexibility index (Phi) is 3.92. The Hall–Kier alpha value is -1.88. The fourth-order valence-corrected chi connectivity index (χ4v) is 2.76. The second kappa shape index (κ2) is 5.85. The minimum Gasteiger partial charge on any atom is -0.385 e. The average Bonchev–Trinajstić information content (AvgIpc) is 2.47. The van der Waals surface area contributed by atoms with Crippen molar-refractivity contribution in [2.24, 2.45) is 0 Å². The molecule has 2 aromatic carbocycles. The second-order valence-electron chi connectivity index (χ2n) is 4.98. The van der Waals surface area contributed by atoms with Gasteiger partial charge in [-0.3, -0.25) is 4.79 Å². The molecule has 0 saturated heterocycles. The molecule has 0 aromatic heterocycles. The summed E-state index contributed by atoms with van der Waals surface area (Å²) < 4.78 is 14.4. The predicted molar refractivity (Wildman–Crippen MR) is 85.3 cm³/mol. The SMILES string of the molecule is O=C(Nc1ccc2c(c1)CCCN2)c1ccc(Br)cc1F. The predicted octanol–water partition coefficient (Wildman–Crippen LogP) is 4.20. The third kappa shape index (κ3) is 3.08. The number of anilines is 2. The molecule has 0 radical (unpaired) electrons. The largest absolute Gasteiger partial charge is 0.385 e. The van der Waals surface area contributed by atoms with Crippen LogP contribution >= 0.6 is 15.9 Å². The van der Waals surface area contributed by atoms with Gasteiger partial charge in [0.25, 0.3) is 5.91 Å². The van der Waals surface area contributed by atoms with Crippen molar-refractivity contribution in [2.75, 3.05) is 17.2 Å². The van der Waals surface area contributed by atoms with E-state index in [2.05, 4.69) is 26.6 Å². The van der Waals surface area contributed by atoms with Crippen LogP contribution in [0.2, 0.25) is 0 Å². The normalized spacial score (nSPS) is 13.2. The average molecular weight is 349 g/mol. The first kappa shape index (κ1) is 14.1. The van der Waals surface area contributed by atoms with Crippen LogP contribution in [-0.4, -0.2) is 12.5 Å². The number of carbonyl (C=O) groups is 1. The molecule has 2 N–H and O–H groups in total. The Labute approximate surface area is 130 Å². The van der Waals surface area contributed by atoms with Crippen molar-refractivity contribution >= 4 is 33.2 Å². The van der Waals surface area contributed by atoms with Crippen molar-refractivity contribution in [3.05, 3.63) is 57.8 Å². The molecule has 2 aromatic rings. The zero-order valence-electron chi connectivity index (χ0n) is 11.2. The van der Waals surface area contributed by atoms with Crippen molar-refractivity contribution in [1.29, 1.82) is 0 Å². The number of aryl methyl sites for hydroxylation is 1. The molecule has 0 saturated carbocycles. The number of nitrogens with one attached hydrogen (secondary N) is 2. The second-order valence-corrected chi connectivity index (χ2v) is 5.90. The van der Waals surface area contributed by atoms with E-state index in [-0.39, 0.29) is 5.56 Å². The van der Waals surface area contributed by atoms with Gasteiger partial charge in [-0.15, -0.1) is 0 Å². The Morgan fingerprint density at radius 1 is 1.24 bits per heavy atom. The zero-order chi connectivity index (χ0) is 14.8. The smallest absolute Gasteiger partial charge is 0.258 e. The van der Waals surface area contributed by atoms with E-state index in [1.54, 1.807) is 6.07 Å². The number of halogens is 2. The minimum atomic E-state index is -0.540. The third-order valence-electron chi connectivity index (χ3n) is 3.48. The molecule has 0 aliphatic carbocycles. The highest BCUT2D eigenvalue weighted by Gasteiger charge is 2.14. The lowest BCUT2D eigenvalue weighted by atomic mass is 10.0. The Morgan fingerprint density at radius 2 is 2.10 bits per heavy atom. The van der Waals surface area contributed by atoms with Gasteiger partial charge in [-0.1, -0.05) is 15.9 Å². The van der Waals surface area contributed by atoms with Crippen molar-refractivity contribution in [1.82, 2.24) is 0 Å². The van der Waals surface area contributed by atoms with Crippen LogP contribution in [0.4, 0.5) is 15.8 Å². The van der Waals surface area contributed by atoms with Gasteiger partial charge in [0.05, 0.1) is 5.56 Å². The van der Waals surface area contributed by atoms with Gasteiger partial charge in [-0.2, -0.15) is 0 Å². The fourth-order valence-electron chi connectivity index (χ4n) is 2.42. The molecule has 21 heavy (non-hydrogen) atoms. The van der Waals surface area contributed by atoms with Crippen molar-refractivity contribution in [2.45, 2.75) is 12.8 Å². The lowest BCUT2D eigenvalue weighted by Gasteiger charge is -2.18. The molecule has 1 amide bonds. The highest BCUT2D eigenvalue weighted by atomic mass is 79.9. The summed E-state index contributed by atoms with van der Waals surface area (Å²) in [5.41, 5.74) is 3.00. The Morgan fingerprint density at radius 3 is 2.90 bits per heavy atom. The zero-order valence-corrected chi connectivity index (χ0v) is 12.8. The van der Waals surface area contributed by atoms with Crippen LogP contribution in [0.15, 0.2) is 40.9 Å². The molecule has 108 valence electrons. The molecule has 0 bridgehead atoms. The molecule has 3 nitrogen and oxygen atoms in total. The van der Waals surface area contributed by atoms with E-state index in [1.807, 2.05) is 18.2 Å². The summed E-state index contributed by atoms with van der Waals surface area (Å²) in [4.78, 5) is 12.1. The topological polar surface area (TPSA) is 41.1 Å². The minimum absolute atomic E-state index is 0.0362. The number of amides is 1. The fraction of sp³-hybridized carbons (Fsp3) is 0.188. The van der Waals surface area contributed by atoms with Crippen LogP contribution in [0, 0.1) is 5.82 Å². The molecular weight excluding hydrogens is 335 g/mol. The molecular formula is C16H14BrFN2O. The van der Waals surface area contributed by atoms with Gasteiger partial charge in [-0.25, -0.2) is 4.39 Å². The van der Waals surface area contributed by atoms with Crippen molar-refractivity contribution in [3.8, 4) is 0 Å². The summed E-state index contributed by atoms with van der Waals surface area (Å²) in [7, 11) is 0. The molecule has 0 unspecified atom stereocenters. The first-order valence-corrected chi connectivity index (χ1v) is 7.56. The molecule has 0 fully saturated rings. The van der Waals surface area contributed by atoms with Gasteiger partial charge < -0.3 is 10.6 Å². The summed E-state index contributed by atoms with van der Waals surface area (Å²) in [5.74, 6) is -0.981. The highest BCUT2D eigenvalue weighted by molar-refractivity contribution is 9.10. The summed E-state index contributed by atoms with van der Waals surface area (Å²) in [5, 5.41) is 6.06.